The molecule has 0 aromatic carbocycles. The summed E-state index contributed by atoms with van der Waals surface area (Å²) in [6, 6.07) is 0.793. The summed E-state index contributed by atoms with van der Waals surface area (Å²) in [6.45, 7) is 5.31. The summed E-state index contributed by atoms with van der Waals surface area (Å²) in [7, 11) is 1.81. The fraction of sp³-hybridized carbons (Fsp3) is 0.882. The van der Waals surface area contributed by atoms with Gasteiger partial charge in [0.25, 0.3) is 0 Å². The minimum Gasteiger partial charge on any atom is -0.355 e. The van der Waals surface area contributed by atoms with Crippen LogP contribution in [-0.4, -0.2) is 48.5 Å². The van der Waals surface area contributed by atoms with Crippen molar-refractivity contribution in [1.29, 1.82) is 0 Å². The maximum atomic E-state index is 12.3. The number of halogens is 1. The first kappa shape index (κ1) is 21.9. The molecule has 0 aromatic rings. The first-order valence-corrected chi connectivity index (χ1v) is 9.98. The number of guanidine groups is 1. The van der Waals surface area contributed by atoms with E-state index in [1.165, 1.54) is 0 Å². The van der Waals surface area contributed by atoms with Gasteiger partial charge in [0.15, 0.2) is 5.96 Å². The number of hydrogen-bond donors (Lipinski definition) is 3. The SMILES string of the molecule is CN=C(NCC(C)(C)SC)NC1CCCC(C(=O)NC2CC2)C1.I. The van der Waals surface area contributed by atoms with Crippen molar-refractivity contribution in [3.63, 3.8) is 0 Å². The Morgan fingerprint density at radius 3 is 2.46 bits per heavy atom. The molecule has 0 heterocycles. The number of hydrogen-bond acceptors (Lipinski definition) is 3. The first-order chi connectivity index (χ1) is 10.9. The van der Waals surface area contributed by atoms with Gasteiger partial charge in [-0.1, -0.05) is 6.42 Å². The molecular weight excluding hydrogens is 435 g/mol. The molecule has 1 amide bonds. The highest BCUT2D eigenvalue weighted by molar-refractivity contribution is 14.0. The van der Waals surface area contributed by atoms with Crippen molar-refractivity contribution in [2.24, 2.45) is 10.9 Å². The molecule has 2 rings (SSSR count). The van der Waals surface area contributed by atoms with Crippen molar-refractivity contribution >= 4 is 47.6 Å². The van der Waals surface area contributed by atoms with Crippen LogP contribution in [0.5, 0.6) is 0 Å². The molecule has 2 aliphatic rings. The number of nitrogens with zero attached hydrogens (tertiary/aromatic N) is 1. The van der Waals surface area contributed by atoms with Crippen LogP contribution in [0.4, 0.5) is 0 Å². The van der Waals surface area contributed by atoms with E-state index in [0.29, 0.717) is 12.1 Å². The summed E-state index contributed by atoms with van der Waals surface area (Å²) in [6.07, 6.45) is 8.58. The van der Waals surface area contributed by atoms with Gasteiger partial charge < -0.3 is 16.0 Å². The second-order valence-corrected chi connectivity index (χ2v) is 8.89. The Bertz CT molecular complexity index is 440. The standard InChI is InChI=1S/C17H32N4OS.HI/c1-17(2,23-4)11-19-16(18-3)21-14-7-5-6-12(10-14)15(22)20-13-8-9-13;/h12-14H,5-11H2,1-4H3,(H,20,22)(H2,18,19,21);1H. The van der Waals surface area contributed by atoms with Crippen molar-refractivity contribution in [3.05, 3.63) is 0 Å². The van der Waals surface area contributed by atoms with E-state index in [4.69, 9.17) is 0 Å². The lowest BCUT2D eigenvalue weighted by molar-refractivity contribution is -0.126. The summed E-state index contributed by atoms with van der Waals surface area (Å²) >= 11 is 1.84. The Hall–Kier alpha value is -0.180. The van der Waals surface area contributed by atoms with Gasteiger partial charge in [-0.25, -0.2) is 0 Å². The lowest BCUT2D eigenvalue weighted by atomic mass is 9.85. The Balaban J connectivity index is 0.00000288. The van der Waals surface area contributed by atoms with Gasteiger partial charge in [0.1, 0.15) is 0 Å². The van der Waals surface area contributed by atoms with E-state index in [0.717, 1.165) is 51.0 Å². The van der Waals surface area contributed by atoms with Crippen LogP contribution in [0.2, 0.25) is 0 Å². The van der Waals surface area contributed by atoms with Crippen molar-refractivity contribution in [3.8, 4) is 0 Å². The maximum absolute atomic E-state index is 12.3. The molecule has 7 heteroatoms. The summed E-state index contributed by atoms with van der Waals surface area (Å²) in [5.41, 5.74) is 0. The largest absolute Gasteiger partial charge is 0.355 e. The van der Waals surface area contributed by atoms with Crippen molar-refractivity contribution in [1.82, 2.24) is 16.0 Å². The molecule has 0 aliphatic heterocycles. The zero-order chi connectivity index (χ0) is 16.9. The van der Waals surface area contributed by atoms with E-state index in [1.807, 2.05) is 18.8 Å². The Morgan fingerprint density at radius 2 is 1.88 bits per heavy atom. The predicted octanol–water partition coefficient (Wildman–Crippen LogP) is 2.75. The highest BCUT2D eigenvalue weighted by Gasteiger charge is 2.31. The van der Waals surface area contributed by atoms with Crippen molar-refractivity contribution in [2.75, 3.05) is 19.8 Å². The molecule has 24 heavy (non-hydrogen) atoms. The van der Waals surface area contributed by atoms with Gasteiger partial charge in [0.05, 0.1) is 0 Å². The topological polar surface area (TPSA) is 65.5 Å². The molecule has 3 N–H and O–H groups in total. The number of amides is 1. The molecule has 2 saturated carbocycles. The third-order valence-electron chi connectivity index (χ3n) is 4.77. The van der Waals surface area contributed by atoms with Crippen LogP contribution < -0.4 is 16.0 Å². The molecule has 2 fully saturated rings. The average molecular weight is 468 g/mol. The third kappa shape index (κ3) is 7.37. The summed E-state index contributed by atoms with van der Waals surface area (Å²) in [5.74, 6) is 1.26. The summed E-state index contributed by atoms with van der Waals surface area (Å²) in [5, 5.41) is 10.1. The number of rotatable bonds is 6. The number of carbonyl (C=O) groups is 1. The second kappa shape index (κ2) is 10.1. The van der Waals surface area contributed by atoms with Gasteiger partial charge in [-0.2, -0.15) is 11.8 Å². The molecule has 0 radical (unpaired) electrons. The molecule has 5 nitrogen and oxygen atoms in total. The minimum atomic E-state index is 0. The highest BCUT2D eigenvalue weighted by atomic mass is 127. The fourth-order valence-corrected chi connectivity index (χ4v) is 3.08. The zero-order valence-electron chi connectivity index (χ0n) is 15.4. The molecule has 0 aromatic heterocycles. The monoisotopic (exact) mass is 468 g/mol. The average Bonchev–Trinajstić information content (AvgIpc) is 3.35. The van der Waals surface area contributed by atoms with Gasteiger partial charge in [0.2, 0.25) is 5.91 Å². The van der Waals surface area contributed by atoms with E-state index < -0.39 is 0 Å². The molecular formula is C17H33IN4OS. The van der Waals surface area contributed by atoms with Crippen LogP contribution >= 0.6 is 35.7 Å². The lowest BCUT2D eigenvalue weighted by Crippen LogP contribution is -2.49. The molecule has 0 bridgehead atoms. The van der Waals surface area contributed by atoms with E-state index in [-0.39, 0.29) is 40.5 Å². The summed E-state index contributed by atoms with van der Waals surface area (Å²) < 4.78 is 0.177. The Kier molecular flexibility index (Phi) is 9.19. The van der Waals surface area contributed by atoms with Gasteiger partial charge >= 0.3 is 0 Å². The molecule has 0 saturated heterocycles. The quantitative estimate of drug-likeness (QED) is 0.319. The smallest absolute Gasteiger partial charge is 0.223 e. The van der Waals surface area contributed by atoms with E-state index in [1.54, 1.807) is 0 Å². The first-order valence-electron chi connectivity index (χ1n) is 8.76. The molecule has 140 valence electrons. The number of aliphatic imine (C=N–C) groups is 1. The van der Waals surface area contributed by atoms with Crippen LogP contribution in [0, 0.1) is 5.92 Å². The maximum Gasteiger partial charge on any atom is 0.223 e. The van der Waals surface area contributed by atoms with Crippen LogP contribution in [0.1, 0.15) is 52.4 Å². The molecule has 2 aliphatic carbocycles. The molecule has 0 spiro atoms. The van der Waals surface area contributed by atoms with Gasteiger partial charge in [-0.3, -0.25) is 9.79 Å². The van der Waals surface area contributed by atoms with Crippen molar-refractivity contribution < 1.29 is 4.79 Å². The molecule has 2 atom stereocenters. The van der Waals surface area contributed by atoms with E-state index in [9.17, 15) is 4.79 Å². The van der Waals surface area contributed by atoms with Crippen LogP contribution in [-0.2, 0) is 4.79 Å². The normalized spacial score (nSPS) is 24.8. The van der Waals surface area contributed by atoms with Gasteiger partial charge in [-0.15, -0.1) is 24.0 Å². The minimum absolute atomic E-state index is 0. The van der Waals surface area contributed by atoms with Crippen LogP contribution in [0.25, 0.3) is 0 Å². The lowest BCUT2D eigenvalue weighted by Gasteiger charge is -2.31. The van der Waals surface area contributed by atoms with Gasteiger partial charge in [0, 0.05) is 36.3 Å². The van der Waals surface area contributed by atoms with Crippen LogP contribution in [0.3, 0.4) is 0 Å². The van der Waals surface area contributed by atoms with Gasteiger partial charge in [-0.05, 0) is 52.2 Å². The number of nitrogens with one attached hydrogen (secondary N) is 3. The third-order valence-corrected chi connectivity index (χ3v) is 6.02. The zero-order valence-corrected chi connectivity index (χ0v) is 18.5. The Labute approximate surface area is 168 Å². The highest BCUT2D eigenvalue weighted by Crippen LogP contribution is 2.27. The summed E-state index contributed by atoms with van der Waals surface area (Å²) in [4.78, 5) is 16.6. The van der Waals surface area contributed by atoms with Crippen LogP contribution in [0.15, 0.2) is 4.99 Å². The number of carbonyl (C=O) groups excluding carboxylic acids is 1. The van der Waals surface area contributed by atoms with E-state index in [2.05, 4.69) is 41.0 Å². The second-order valence-electron chi connectivity index (χ2n) is 7.38. The Morgan fingerprint density at radius 1 is 1.17 bits per heavy atom. The van der Waals surface area contributed by atoms with Crippen molar-refractivity contribution in [2.45, 2.75) is 69.2 Å². The molecule has 2 unspecified atom stereocenters. The number of thioether (sulfide) groups is 1. The fourth-order valence-electron chi connectivity index (χ4n) is 2.86. The predicted molar refractivity (Wildman–Crippen MR) is 114 cm³/mol. The van der Waals surface area contributed by atoms with E-state index >= 15 is 0 Å².